The summed E-state index contributed by atoms with van der Waals surface area (Å²) < 4.78 is 0. The largest absolute Gasteiger partial charge is 0.237 e. The maximum Gasteiger partial charge on any atom is 0.151 e. The van der Waals surface area contributed by atoms with Crippen molar-refractivity contribution in [1.82, 2.24) is 4.98 Å². The predicted octanol–water partition coefficient (Wildman–Crippen LogP) is 3.55. The van der Waals surface area contributed by atoms with Gasteiger partial charge in [0.15, 0.2) is 5.82 Å². The first-order chi connectivity index (χ1) is 7.88. The van der Waals surface area contributed by atoms with Crippen LogP contribution in [0.15, 0.2) is 58.5 Å². The minimum Gasteiger partial charge on any atom is -0.237 e. The van der Waals surface area contributed by atoms with Gasteiger partial charge in [0.25, 0.3) is 0 Å². The highest BCUT2D eigenvalue weighted by Gasteiger charge is 1.91. The summed E-state index contributed by atoms with van der Waals surface area (Å²) in [6, 6.07) is 13.9. The Labute approximate surface area is 99.5 Å². The van der Waals surface area contributed by atoms with Crippen molar-refractivity contribution < 1.29 is 0 Å². The van der Waals surface area contributed by atoms with Crippen molar-refractivity contribution in [3.63, 3.8) is 0 Å². The van der Waals surface area contributed by atoms with Crippen LogP contribution in [0.5, 0.6) is 0 Å². The zero-order valence-electron chi connectivity index (χ0n) is 9.00. The highest BCUT2D eigenvalue weighted by Crippen LogP contribution is 2.16. The molecule has 2 rings (SSSR count). The number of thioether (sulfide) groups is 1. The Kier molecular flexibility index (Phi) is 3.72. The van der Waals surface area contributed by atoms with E-state index in [1.54, 1.807) is 11.8 Å². The van der Waals surface area contributed by atoms with E-state index in [-0.39, 0.29) is 0 Å². The Morgan fingerprint density at radius 1 is 1.12 bits per heavy atom. The maximum absolute atomic E-state index is 4.31. The fourth-order valence-corrected chi connectivity index (χ4v) is 1.61. The lowest BCUT2D eigenvalue weighted by atomic mass is 10.2. The first-order valence-corrected chi connectivity index (χ1v) is 6.20. The summed E-state index contributed by atoms with van der Waals surface area (Å²) in [6.07, 6.45) is 5.69. The van der Waals surface area contributed by atoms with E-state index in [0.29, 0.717) is 0 Å². The molecule has 80 valence electrons. The van der Waals surface area contributed by atoms with Crippen molar-refractivity contribution in [2.75, 3.05) is 6.26 Å². The van der Waals surface area contributed by atoms with Crippen molar-refractivity contribution >= 4 is 23.8 Å². The Balaban J connectivity index is 2.12. The molecular formula is C13H12N2S. The molecule has 1 aromatic carbocycles. The van der Waals surface area contributed by atoms with Gasteiger partial charge in [-0.2, -0.15) is 0 Å². The molecule has 3 heteroatoms. The fourth-order valence-electron chi connectivity index (χ4n) is 1.25. The van der Waals surface area contributed by atoms with Gasteiger partial charge in [-0.15, -0.1) is 11.8 Å². The minimum atomic E-state index is 0.738. The Hall–Kier alpha value is -1.61. The van der Waals surface area contributed by atoms with E-state index < -0.39 is 0 Å². The van der Waals surface area contributed by atoms with E-state index in [2.05, 4.69) is 9.98 Å². The fraction of sp³-hybridized carbons (Fsp3) is 0.0769. The molecular weight excluding hydrogens is 216 g/mol. The van der Waals surface area contributed by atoms with Gasteiger partial charge in [0.1, 0.15) is 0 Å². The summed E-state index contributed by atoms with van der Waals surface area (Å²) >= 11 is 1.68. The molecule has 0 N–H and O–H groups in total. The molecule has 0 saturated heterocycles. The number of pyridine rings is 1. The molecule has 1 aromatic heterocycles. The van der Waals surface area contributed by atoms with Crippen LogP contribution in [0.2, 0.25) is 0 Å². The lowest BCUT2D eigenvalue weighted by Gasteiger charge is -1.95. The zero-order valence-corrected chi connectivity index (χ0v) is 9.82. The quantitative estimate of drug-likeness (QED) is 0.593. The van der Waals surface area contributed by atoms with Gasteiger partial charge in [-0.3, -0.25) is 0 Å². The van der Waals surface area contributed by atoms with Crippen molar-refractivity contribution in [3.8, 4) is 0 Å². The summed E-state index contributed by atoms with van der Waals surface area (Å²) in [5.41, 5.74) is 1.08. The Bertz CT molecular complexity index is 463. The summed E-state index contributed by atoms with van der Waals surface area (Å²) in [5, 5.41) is 0. The molecule has 2 nitrogen and oxygen atoms in total. The second-order valence-corrected chi connectivity index (χ2v) is 4.10. The number of aromatic nitrogens is 1. The van der Waals surface area contributed by atoms with Crippen LogP contribution in [-0.4, -0.2) is 17.5 Å². The molecule has 0 aliphatic rings. The molecule has 0 aliphatic carbocycles. The number of hydrogen-bond acceptors (Lipinski definition) is 3. The maximum atomic E-state index is 4.31. The van der Waals surface area contributed by atoms with Gasteiger partial charge in [-0.25, -0.2) is 9.98 Å². The normalized spacial score (nSPS) is 10.8. The molecule has 0 amide bonds. The topological polar surface area (TPSA) is 25.2 Å². The monoisotopic (exact) mass is 228 g/mol. The van der Waals surface area contributed by atoms with Crippen LogP contribution >= 0.6 is 11.8 Å². The average Bonchev–Trinajstić information content (AvgIpc) is 2.38. The summed E-state index contributed by atoms with van der Waals surface area (Å²) in [4.78, 5) is 9.70. The van der Waals surface area contributed by atoms with E-state index >= 15 is 0 Å². The Morgan fingerprint density at radius 2 is 1.94 bits per heavy atom. The van der Waals surface area contributed by atoms with Crippen LogP contribution in [0.4, 0.5) is 5.82 Å². The van der Waals surface area contributed by atoms with Gasteiger partial charge in [0.2, 0.25) is 0 Å². The third kappa shape index (κ3) is 2.94. The molecule has 1 heterocycles. The second-order valence-electron chi connectivity index (χ2n) is 3.23. The van der Waals surface area contributed by atoms with Crippen molar-refractivity contribution in [3.05, 3.63) is 54.2 Å². The van der Waals surface area contributed by atoms with Gasteiger partial charge < -0.3 is 0 Å². The van der Waals surface area contributed by atoms with Crippen LogP contribution in [-0.2, 0) is 0 Å². The van der Waals surface area contributed by atoms with E-state index in [1.807, 2.05) is 61.1 Å². The highest BCUT2D eigenvalue weighted by molar-refractivity contribution is 7.98. The number of aliphatic imine (C=N–C) groups is 1. The van der Waals surface area contributed by atoms with Crippen LogP contribution in [0.25, 0.3) is 0 Å². The molecule has 0 atom stereocenters. The van der Waals surface area contributed by atoms with Crippen LogP contribution in [0, 0.1) is 0 Å². The third-order valence-corrected chi connectivity index (χ3v) is 2.81. The molecule has 16 heavy (non-hydrogen) atoms. The summed E-state index contributed by atoms with van der Waals surface area (Å²) in [6.45, 7) is 0. The van der Waals surface area contributed by atoms with Crippen molar-refractivity contribution in [2.45, 2.75) is 4.90 Å². The number of rotatable bonds is 3. The van der Waals surface area contributed by atoms with Crippen molar-refractivity contribution in [2.24, 2.45) is 4.99 Å². The predicted molar refractivity (Wildman–Crippen MR) is 69.7 cm³/mol. The average molecular weight is 228 g/mol. The van der Waals surface area contributed by atoms with Gasteiger partial charge in [-0.1, -0.05) is 30.3 Å². The Morgan fingerprint density at radius 3 is 2.56 bits per heavy atom. The van der Waals surface area contributed by atoms with E-state index in [4.69, 9.17) is 0 Å². The lowest BCUT2D eigenvalue weighted by molar-refractivity contribution is 1.21. The van der Waals surface area contributed by atoms with Crippen molar-refractivity contribution in [1.29, 1.82) is 0 Å². The van der Waals surface area contributed by atoms with Gasteiger partial charge in [0.05, 0.1) is 0 Å². The van der Waals surface area contributed by atoms with Crippen LogP contribution in [0.1, 0.15) is 5.56 Å². The SMILES string of the molecule is CSc1ccc(/N=C/c2ccccc2)nc1. The molecule has 0 saturated carbocycles. The highest BCUT2D eigenvalue weighted by atomic mass is 32.2. The number of hydrogen-bond donors (Lipinski definition) is 0. The van der Waals surface area contributed by atoms with E-state index in [1.165, 1.54) is 0 Å². The van der Waals surface area contributed by atoms with Crippen LogP contribution < -0.4 is 0 Å². The van der Waals surface area contributed by atoms with Gasteiger partial charge in [-0.05, 0) is 24.0 Å². The smallest absolute Gasteiger partial charge is 0.151 e. The first-order valence-electron chi connectivity index (χ1n) is 4.97. The zero-order chi connectivity index (χ0) is 11.2. The standard InChI is InChI=1S/C13H12N2S/c1-16-12-7-8-13(15-10-12)14-9-11-5-3-2-4-6-11/h2-10H,1H3/b14-9+. The van der Waals surface area contributed by atoms with Gasteiger partial charge in [0, 0.05) is 17.3 Å². The molecule has 0 aliphatic heterocycles. The summed E-state index contributed by atoms with van der Waals surface area (Å²) in [5.74, 6) is 0.738. The molecule has 0 bridgehead atoms. The van der Waals surface area contributed by atoms with E-state index in [9.17, 15) is 0 Å². The number of benzene rings is 1. The molecule has 0 unspecified atom stereocenters. The summed E-state index contributed by atoms with van der Waals surface area (Å²) in [7, 11) is 0. The molecule has 2 aromatic rings. The first kappa shape index (κ1) is 10.9. The van der Waals surface area contributed by atoms with Gasteiger partial charge >= 0.3 is 0 Å². The minimum absolute atomic E-state index is 0.738. The third-order valence-electron chi connectivity index (χ3n) is 2.10. The van der Waals surface area contributed by atoms with E-state index in [0.717, 1.165) is 16.3 Å². The lowest BCUT2D eigenvalue weighted by Crippen LogP contribution is -1.80. The second kappa shape index (κ2) is 5.47. The molecule has 0 fully saturated rings. The van der Waals surface area contributed by atoms with Crippen LogP contribution in [0.3, 0.4) is 0 Å². The number of nitrogens with zero attached hydrogens (tertiary/aromatic N) is 2. The molecule has 0 radical (unpaired) electrons. The molecule has 0 spiro atoms.